The van der Waals surface area contributed by atoms with Gasteiger partial charge in [-0.25, -0.2) is 0 Å². The van der Waals surface area contributed by atoms with Gasteiger partial charge in [0.1, 0.15) is 6.26 Å². The molecule has 0 bridgehead atoms. The van der Waals surface area contributed by atoms with Gasteiger partial charge in [0.25, 0.3) is 5.91 Å². The Hall–Kier alpha value is -1.33. The van der Waals surface area contributed by atoms with Crippen molar-refractivity contribution in [3.8, 4) is 0 Å². The smallest absolute Gasteiger partial charge is 0.254 e. The lowest BCUT2D eigenvalue weighted by atomic mass is 10.0. The zero-order valence-electron chi connectivity index (χ0n) is 11.2. The third-order valence-corrected chi connectivity index (χ3v) is 3.65. The van der Waals surface area contributed by atoms with Gasteiger partial charge in [-0.15, -0.1) is 0 Å². The number of likely N-dealkylation sites (tertiary alicyclic amines) is 1. The largest absolute Gasteiger partial charge is 0.472 e. The highest BCUT2D eigenvalue weighted by molar-refractivity contribution is 5.93. The maximum atomic E-state index is 11.7. The van der Waals surface area contributed by atoms with Gasteiger partial charge in [0, 0.05) is 19.1 Å². The first kappa shape index (κ1) is 14.1. The molecule has 19 heavy (non-hydrogen) atoms. The van der Waals surface area contributed by atoms with Crippen LogP contribution < -0.4 is 5.32 Å². The Morgan fingerprint density at radius 1 is 1.53 bits per heavy atom. The molecule has 0 spiro atoms. The van der Waals surface area contributed by atoms with Crippen molar-refractivity contribution in [3.05, 3.63) is 24.2 Å². The number of nitrogens with one attached hydrogen (secondary N) is 1. The SMILES string of the molecule is O=C(NCCCN1CCCC[C@H]1CO)c1ccoc1. The van der Waals surface area contributed by atoms with Crippen LogP contribution in [0.2, 0.25) is 0 Å². The Balaban J connectivity index is 1.64. The standard InChI is InChI=1S/C14H22N2O3/c17-10-13-4-1-2-7-16(13)8-3-6-15-14(18)12-5-9-19-11-12/h5,9,11,13,17H,1-4,6-8,10H2,(H,15,18)/t13-/m0/s1. The van der Waals surface area contributed by atoms with Crippen LogP contribution in [0.5, 0.6) is 0 Å². The van der Waals surface area contributed by atoms with E-state index in [4.69, 9.17) is 4.42 Å². The minimum Gasteiger partial charge on any atom is -0.472 e. The van der Waals surface area contributed by atoms with E-state index >= 15 is 0 Å². The molecule has 2 rings (SSSR count). The van der Waals surface area contributed by atoms with E-state index in [1.165, 1.54) is 25.4 Å². The number of furan rings is 1. The molecule has 0 aliphatic carbocycles. The van der Waals surface area contributed by atoms with Gasteiger partial charge in [-0.1, -0.05) is 6.42 Å². The van der Waals surface area contributed by atoms with Gasteiger partial charge in [-0.3, -0.25) is 9.69 Å². The molecule has 2 N–H and O–H groups in total. The average Bonchev–Trinajstić information content (AvgIpc) is 2.98. The van der Waals surface area contributed by atoms with E-state index < -0.39 is 0 Å². The second-order valence-corrected chi connectivity index (χ2v) is 4.99. The lowest BCUT2D eigenvalue weighted by Crippen LogP contribution is -2.43. The number of nitrogens with zero attached hydrogens (tertiary/aromatic N) is 1. The van der Waals surface area contributed by atoms with E-state index in [9.17, 15) is 9.90 Å². The molecule has 106 valence electrons. The molecule has 1 aliphatic heterocycles. The third-order valence-electron chi connectivity index (χ3n) is 3.65. The second kappa shape index (κ2) is 7.31. The molecule has 1 fully saturated rings. The predicted octanol–water partition coefficient (Wildman–Crippen LogP) is 1.25. The first-order chi connectivity index (χ1) is 9.31. The van der Waals surface area contributed by atoms with Gasteiger partial charge in [0.05, 0.1) is 18.4 Å². The molecule has 5 nitrogen and oxygen atoms in total. The summed E-state index contributed by atoms with van der Waals surface area (Å²) in [5.74, 6) is -0.0916. The van der Waals surface area contributed by atoms with Crippen molar-refractivity contribution in [1.29, 1.82) is 0 Å². The van der Waals surface area contributed by atoms with Crippen LogP contribution in [0.1, 0.15) is 36.0 Å². The second-order valence-electron chi connectivity index (χ2n) is 4.99. The highest BCUT2D eigenvalue weighted by Crippen LogP contribution is 2.16. The maximum absolute atomic E-state index is 11.7. The fraction of sp³-hybridized carbons (Fsp3) is 0.643. The maximum Gasteiger partial charge on any atom is 0.254 e. The van der Waals surface area contributed by atoms with Crippen LogP contribution in [0.4, 0.5) is 0 Å². The molecule has 0 radical (unpaired) electrons. The Morgan fingerprint density at radius 2 is 2.42 bits per heavy atom. The van der Waals surface area contributed by atoms with Crippen LogP contribution in [0.25, 0.3) is 0 Å². The summed E-state index contributed by atoms with van der Waals surface area (Å²) in [5, 5.41) is 12.2. The van der Waals surface area contributed by atoms with Gasteiger partial charge >= 0.3 is 0 Å². The van der Waals surface area contributed by atoms with Crippen molar-refractivity contribution < 1.29 is 14.3 Å². The Morgan fingerprint density at radius 3 is 3.16 bits per heavy atom. The molecule has 5 heteroatoms. The fourth-order valence-corrected chi connectivity index (χ4v) is 2.54. The summed E-state index contributed by atoms with van der Waals surface area (Å²) in [7, 11) is 0. The Bertz CT molecular complexity index is 378. The number of aliphatic hydroxyl groups is 1. The molecule has 1 atom stereocenters. The van der Waals surface area contributed by atoms with Crippen molar-refractivity contribution in [2.45, 2.75) is 31.7 Å². The van der Waals surface area contributed by atoms with Crippen LogP contribution in [0, 0.1) is 0 Å². The summed E-state index contributed by atoms with van der Waals surface area (Å²) in [6, 6.07) is 1.96. The highest BCUT2D eigenvalue weighted by atomic mass is 16.3. The number of hydrogen-bond donors (Lipinski definition) is 2. The van der Waals surface area contributed by atoms with Crippen molar-refractivity contribution in [3.63, 3.8) is 0 Å². The average molecular weight is 266 g/mol. The van der Waals surface area contributed by atoms with E-state index in [1.807, 2.05) is 0 Å². The summed E-state index contributed by atoms with van der Waals surface area (Å²) >= 11 is 0. The number of hydrogen-bond acceptors (Lipinski definition) is 4. The van der Waals surface area contributed by atoms with Gasteiger partial charge in [0.2, 0.25) is 0 Å². The van der Waals surface area contributed by atoms with Crippen LogP contribution in [0.15, 0.2) is 23.0 Å². The Kier molecular flexibility index (Phi) is 5.42. The Labute approximate surface area is 113 Å². The van der Waals surface area contributed by atoms with Crippen molar-refractivity contribution in [2.24, 2.45) is 0 Å². The van der Waals surface area contributed by atoms with Crippen molar-refractivity contribution >= 4 is 5.91 Å². The molecule has 2 heterocycles. The van der Waals surface area contributed by atoms with E-state index in [-0.39, 0.29) is 12.5 Å². The lowest BCUT2D eigenvalue weighted by Gasteiger charge is -2.34. The van der Waals surface area contributed by atoms with Gasteiger partial charge in [-0.05, 0) is 31.9 Å². The zero-order valence-corrected chi connectivity index (χ0v) is 11.2. The van der Waals surface area contributed by atoms with Crippen LogP contribution in [-0.2, 0) is 0 Å². The molecule has 1 amide bonds. The quantitative estimate of drug-likeness (QED) is 0.760. The van der Waals surface area contributed by atoms with E-state index in [1.54, 1.807) is 6.07 Å². The zero-order chi connectivity index (χ0) is 13.5. The first-order valence-corrected chi connectivity index (χ1v) is 6.96. The molecular weight excluding hydrogens is 244 g/mol. The molecule has 1 saturated heterocycles. The molecule has 0 unspecified atom stereocenters. The lowest BCUT2D eigenvalue weighted by molar-refractivity contribution is 0.0868. The monoisotopic (exact) mass is 266 g/mol. The number of rotatable bonds is 6. The van der Waals surface area contributed by atoms with Crippen LogP contribution in [-0.4, -0.2) is 48.2 Å². The number of carbonyl (C=O) groups is 1. The number of carbonyl (C=O) groups excluding carboxylic acids is 1. The minimum atomic E-state index is -0.0916. The van der Waals surface area contributed by atoms with Crippen LogP contribution >= 0.6 is 0 Å². The van der Waals surface area contributed by atoms with E-state index in [0.717, 1.165) is 25.9 Å². The fourth-order valence-electron chi connectivity index (χ4n) is 2.54. The molecule has 0 aromatic carbocycles. The number of piperidine rings is 1. The summed E-state index contributed by atoms with van der Waals surface area (Å²) in [6.07, 6.45) is 7.34. The minimum absolute atomic E-state index is 0.0916. The number of amides is 1. The summed E-state index contributed by atoms with van der Waals surface area (Å²) in [6.45, 7) is 2.87. The highest BCUT2D eigenvalue weighted by Gasteiger charge is 2.20. The molecule has 1 aliphatic rings. The van der Waals surface area contributed by atoms with E-state index in [0.29, 0.717) is 18.2 Å². The van der Waals surface area contributed by atoms with Gasteiger partial charge < -0.3 is 14.8 Å². The summed E-state index contributed by atoms with van der Waals surface area (Å²) < 4.78 is 4.87. The van der Waals surface area contributed by atoms with Gasteiger partial charge in [0.15, 0.2) is 0 Å². The number of aliphatic hydroxyl groups excluding tert-OH is 1. The van der Waals surface area contributed by atoms with Crippen LogP contribution in [0.3, 0.4) is 0 Å². The first-order valence-electron chi connectivity index (χ1n) is 6.96. The molecule has 1 aromatic heterocycles. The summed E-state index contributed by atoms with van der Waals surface area (Å²) in [5.41, 5.74) is 0.561. The normalized spacial score (nSPS) is 20.4. The van der Waals surface area contributed by atoms with E-state index in [2.05, 4.69) is 10.2 Å². The van der Waals surface area contributed by atoms with Crippen molar-refractivity contribution in [1.82, 2.24) is 10.2 Å². The predicted molar refractivity (Wildman–Crippen MR) is 72.0 cm³/mol. The molecule has 1 aromatic rings. The van der Waals surface area contributed by atoms with Gasteiger partial charge in [-0.2, -0.15) is 0 Å². The molecule has 0 saturated carbocycles. The van der Waals surface area contributed by atoms with Crippen molar-refractivity contribution in [2.75, 3.05) is 26.2 Å². The topological polar surface area (TPSA) is 65.7 Å². The molecular formula is C14H22N2O3. The summed E-state index contributed by atoms with van der Waals surface area (Å²) in [4.78, 5) is 14.0. The third kappa shape index (κ3) is 4.08.